The third kappa shape index (κ3) is 2.15. The van der Waals surface area contributed by atoms with Crippen LogP contribution < -0.4 is 0 Å². The number of ketones is 1. The van der Waals surface area contributed by atoms with E-state index in [2.05, 4.69) is 20.9 Å². The van der Waals surface area contributed by atoms with Crippen LogP contribution in [-0.2, 0) is 15.1 Å². The molecule has 1 atom stereocenters. The lowest BCUT2D eigenvalue weighted by Gasteiger charge is -2.39. The second kappa shape index (κ2) is 4.59. The lowest BCUT2D eigenvalue weighted by atomic mass is 9.70. The van der Waals surface area contributed by atoms with E-state index >= 15 is 0 Å². The number of hydrogen-bond donors (Lipinski definition) is 0. The summed E-state index contributed by atoms with van der Waals surface area (Å²) in [4.78, 5) is 16.1. The van der Waals surface area contributed by atoms with Crippen molar-refractivity contribution in [3.63, 3.8) is 0 Å². The van der Waals surface area contributed by atoms with Crippen LogP contribution in [0.4, 0.5) is 0 Å². The van der Waals surface area contributed by atoms with Gasteiger partial charge in [0.15, 0.2) is 5.78 Å². The normalized spacial score (nSPS) is 26.3. The molecule has 96 valence electrons. The molecule has 0 radical (unpaired) electrons. The Bertz CT molecular complexity index is 510. The van der Waals surface area contributed by atoms with Gasteiger partial charge in [-0.3, -0.25) is 4.79 Å². The van der Waals surface area contributed by atoms with Crippen LogP contribution in [0.25, 0.3) is 0 Å². The molecule has 2 rings (SSSR count). The van der Waals surface area contributed by atoms with Crippen LogP contribution in [-0.4, -0.2) is 17.9 Å². The van der Waals surface area contributed by atoms with Crippen LogP contribution in [0.2, 0.25) is 0 Å². The fraction of sp³-hybridized carbons (Fsp3) is 0.429. The van der Waals surface area contributed by atoms with Gasteiger partial charge in [0.1, 0.15) is 10.2 Å². The van der Waals surface area contributed by atoms with E-state index < -0.39 is 11.0 Å². The topological polar surface area (TPSA) is 39.2 Å². The molecular weight excluding hydrogens is 294 g/mol. The van der Waals surface area contributed by atoms with Crippen LogP contribution in [0.1, 0.15) is 25.8 Å². The molecule has 0 N–H and O–H groups in total. The monoisotopic (exact) mass is 309 g/mol. The number of rotatable bonds is 2. The summed E-state index contributed by atoms with van der Waals surface area (Å²) in [6.07, 6.45) is 5.78. The fourth-order valence-corrected chi connectivity index (χ4v) is 2.96. The summed E-state index contributed by atoms with van der Waals surface area (Å²) < 4.78 is 6.47. The predicted octanol–water partition coefficient (Wildman–Crippen LogP) is 3.24. The Morgan fingerprint density at radius 2 is 2.17 bits per heavy atom. The molecule has 1 aromatic rings. The standard InChI is InChI=1S/C14H16BrNO2/c1-13(2)9-14(18-3,7-6-11(13)17)10-5-4-8-16-12(10)15/h4-8H,9H2,1-3H3. The van der Waals surface area contributed by atoms with Gasteiger partial charge in [-0.2, -0.15) is 0 Å². The average Bonchev–Trinajstić information content (AvgIpc) is 2.33. The van der Waals surface area contributed by atoms with Crippen molar-refractivity contribution < 1.29 is 9.53 Å². The van der Waals surface area contributed by atoms with E-state index in [1.165, 1.54) is 0 Å². The molecule has 1 unspecified atom stereocenters. The second-order valence-electron chi connectivity index (χ2n) is 5.19. The number of halogens is 1. The highest BCUT2D eigenvalue weighted by Crippen LogP contribution is 2.44. The van der Waals surface area contributed by atoms with E-state index in [0.29, 0.717) is 6.42 Å². The highest BCUT2D eigenvalue weighted by atomic mass is 79.9. The van der Waals surface area contributed by atoms with Gasteiger partial charge in [-0.05, 0) is 40.6 Å². The zero-order valence-electron chi connectivity index (χ0n) is 10.7. The van der Waals surface area contributed by atoms with Gasteiger partial charge in [-0.25, -0.2) is 4.98 Å². The predicted molar refractivity (Wildman–Crippen MR) is 73.2 cm³/mol. The van der Waals surface area contributed by atoms with Crippen molar-refractivity contribution in [2.75, 3.05) is 7.11 Å². The number of carbonyl (C=O) groups excluding carboxylic acids is 1. The first-order chi connectivity index (χ1) is 8.41. The lowest BCUT2D eigenvalue weighted by Crippen LogP contribution is -2.40. The maximum atomic E-state index is 11.9. The van der Waals surface area contributed by atoms with Crippen molar-refractivity contribution in [1.29, 1.82) is 0 Å². The number of aromatic nitrogens is 1. The zero-order valence-corrected chi connectivity index (χ0v) is 12.3. The van der Waals surface area contributed by atoms with Crippen LogP contribution in [0.15, 0.2) is 35.1 Å². The molecule has 0 spiro atoms. The Morgan fingerprint density at radius 3 is 2.72 bits per heavy atom. The third-order valence-electron chi connectivity index (χ3n) is 3.45. The van der Waals surface area contributed by atoms with Crippen LogP contribution in [0.5, 0.6) is 0 Å². The van der Waals surface area contributed by atoms with Crippen LogP contribution in [0, 0.1) is 5.41 Å². The molecule has 0 amide bonds. The number of ether oxygens (including phenoxy) is 1. The molecule has 0 saturated carbocycles. The Morgan fingerprint density at radius 1 is 1.44 bits per heavy atom. The molecule has 0 fully saturated rings. The fourth-order valence-electron chi connectivity index (χ4n) is 2.38. The Balaban J connectivity index is 2.55. The Kier molecular flexibility index (Phi) is 3.43. The van der Waals surface area contributed by atoms with Crippen molar-refractivity contribution in [3.05, 3.63) is 40.6 Å². The number of methoxy groups -OCH3 is 1. The van der Waals surface area contributed by atoms with E-state index in [-0.39, 0.29) is 5.78 Å². The molecule has 3 nitrogen and oxygen atoms in total. The Hall–Kier alpha value is -1.00. The Labute approximate surface area is 115 Å². The third-order valence-corrected chi connectivity index (χ3v) is 4.09. The molecule has 1 aliphatic rings. The molecule has 1 heterocycles. The van der Waals surface area contributed by atoms with Gasteiger partial charge >= 0.3 is 0 Å². The lowest BCUT2D eigenvalue weighted by molar-refractivity contribution is -0.127. The van der Waals surface area contributed by atoms with Crippen LogP contribution in [0.3, 0.4) is 0 Å². The molecule has 0 bridgehead atoms. The van der Waals surface area contributed by atoms with Crippen molar-refractivity contribution >= 4 is 21.7 Å². The summed E-state index contributed by atoms with van der Waals surface area (Å²) in [5.74, 6) is 0.134. The quantitative estimate of drug-likeness (QED) is 0.787. The highest BCUT2D eigenvalue weighted by molar-refractivity contribution is 9.10. The number of nitrogens with zero attached hydrogens (tertiary/aromatic N) is 1. The minimum Gasteiger partial charge on any atom is -0.369 e. The molecule has 0 aromatic carbocycles. The van der Waals surface area contributed by atoms with Gasteiger partial charge < -0.3 is 4.74 Å². The summed E-state index contributed by atoms with van der Waals surface area (Å²) >= 11 is 3.45. The van der Waals surface area contributed by atoms with Crippen molar-refractivity contribution in [2.24, 2.45) is 5.41 Å². The van der Waals surface area contributed by atoms with E-state index in [0.717, 1.165) is 10.2 Å². The van der Waals surface area contributed by atoms with Gasteiger partial charge in [-0.15, -0.1) is 0 Å². The van der Waals surface area contributed by atoms with Gasteiger partial charge in [0.25, 0.3) is 0 Å². The second-order valence-corrected chi connectivity index (χ2v) is 5.94. The first-order valence-electron chi connectivity index (χ1n) is 5.81. The minimum atomic E-state index is -0.593. The molecule has 1 aromatic heterocycles. The summed E-state index contributed by atoms with van der Waals surface area (Å²) in [6, 6.07) is 3.84. The van der Waals surface area contributed by atoms with Crippen molar-refractivity contribution in [2.45, 2.75) is 25.9 Å². The zero-order chi connectivity index (χ0) is 13.4. The number of allylic oxidation sites excluding steroid dienone is 1. The molecular formula is C14H16BrNO2. The maximum absolute atomic E-state index is 11.9. The van der Waals surface area contributed by atoms with Crippen LogP contribution >= 0.6 is 15.9 Å². The molecule has 0 saturated heterocycles. The van der Waals surface area contributed by atoms with Gasteiger partial charge in [0.05, 0.1) is 0 Å². The average molecular weight is 310 g/mol. The minimum absolute atomic E-state index is 0.134. The molecule has 0 aliphatic heterocycles. The summed E-state index contributed by atoms with van der Waals surface area (Å²) in [5, 5.41) is 0. The summed E-state index contributed by atoms with van der Waals surface area (Å²) in [6.45, 7) is 3.88. The maximum Gasteiger partial charge on any atom is 0.161 e. The van der Waals surface area contributed by atoms with Gasteiger partial charge in [0, 0.05) is 24.3 Å². The largest absolute Gasteiger partial charge is 0.369 e. The van der Waals surface area contributed by atoms with Crippen molar-refractivity contribution in [1.82, 2.24) is 4.98 Å². The van der Waals surface area contributed by atoms with E-state index in [1.807, 2.05) is 32.1 Å². The molecule has 18 heavy (non-hydrogen) atoms. The van der Waals surface area contributed by atoms with Crippen molar-refractivity contribution in [3.8, 4) is 0 Å². The molecule has 4 heteroatoms. The molecule has 1 aliphatic carbocycles. The highest BCUT2D eigenvalue weighted by Gasteiger charge is 2.43. The number of pyridine rings is 1. The van der Waals surface area contributed by atoms with E-state index in [1.54, 1.807) is 19.4 Å². The first kappa shape index (κ1) is 13.4. The van der Waals surface area contributed by atoms with Gasteiger partial charge in [0.2, 0.25) is 0 Å². The SMILES string of the molecule is COC1(c2cccnc2Br)C=CC(=O)C(C)(C)C1. The number of hydrogen-bond acceptors (Lipinski definition) is 3. The van der Waals surface area contributed by atoms with Gasteiger partial charge in [-0.1, -0.05) is 19.9 Å². The number of carbonyl (C=O) groups is 1. The summed E-state index contributed by atoms with van der Waals surface area (Å²) in [7, 11) is 1.66. The van der Waals surface area contributed by atoms with E-state index in [9.17, 15) is 4.79 Å². The van der Waals surface area contributed by atoms with E-state index in [4.69, 9.17) is 4.74 Å². The first-order valence-corrected chi connectivity index (χ1v) is 6.60. The summed E-state index contributed by atoms with van der Waals surface area (Å²) in [5.41, 5.74) is -0.0748. The smallest absolute Gasteiger partial charge is 0.161 e.